The monoisotopic (exact) mass is 301 g/mol. The van der Waals surface area contributed by atoms with Gasteiger partial charge in [-0.25, -0.2) is 0 Å². The lowest BCUT2D eigenvalue weighted by atomic mass is 10.2. The number of rotatable bonds is 6. The predicted octanol–water partition coefficient (Wildman–Crippen LogP) is 3.28. The fourth-order valence-corrected chi connectivity index (χ4v) is 1.76. The summed E-state index contributed by atoms with van der Waals surface area (Å²) >= 11 is 11.7. The highest BCUT2D eigenvalue weighted by Gasteiger charge is 1.99. The zero-order valence-electron chi connectivity index (χ0n) is 10.7. The molecule has 3 nitrogen and oxygen atoms in total. The van der Waals surface area contributed by atoms with E-state index in [-0.39, 0.29) is 12.0 Å². The van der Waals surface area contributed by atoms with Crippen LogP contribution in [-0.2, 0) is 4.79 Å². The minimum absolute atomic E-state index is 0.170. The SMILES string of the molecule is CC(O)CCCNC(=O)/C=C/c1ccc(Cl)c(Cl)c1. The Morgan fingerprint density at radius 1 is 1.42 bits per heavy atom. The van der Waals surface area contributed by atoms with Crippen LogP contribution in [-0.4, -0.2) is 23.7 Å². The number of hydrogen-bond acceptors (Lipinski definition) is 2. The maximum Gasteiger partial charge on any atom is 0.243 e. The van der Waals surface area contributed by atoms with Crippen molar-refractivity contribution in [1.29, 1.82) is 0 Å². The molecule has 0 aliphatic heterocycles. The van der Waals surface area contributed by atoms with Crippen LogP contribution in [0.5, 0.6) is 0 Å². The van der Waals surface area contributed by atoms with E-state index in [1.165, 1.54) is 6.08 Å². The summed E-state index contributed by atoms with van der Waals surface area (Å²) in [6.07, 6.45) is 4.22. The van der Waals surface area contributed by atoms with Gasteiger partial charge in [0.2, 0.25) is 5.91 Å². The van der Waals surface area contributed by atoms with E-state index >= 15 is 0 Å². The van der Waals surface area contributed by atoms with Crippen molar-refractivity contribution < 1.29 is 9.90 Å². The van der Waals surface area contributed by atoms with Crippen molar-refractivity contribution in [2.75, 3.05) is 6.54 Å². The highest BCUT2D eigenvalue weighted by molar-refractivity contribution is 6.42. The molecule has 0 heterocycles. The van der Waals surface area contributed by atoms with Gasteiger partial charge in [0.15, 0.2) is 0 Å². The number of nitrogens with one attached hydrogen (secondary N) is 1. The van der Waals surface area contributed by atoms with Gasteiger partial charge in [-0.2, -0.15) is 0 Å². The van der Waals surface area contributed by atoms with Gasteiger partial charge in [-0.05, 0) is 43.5 Å². The first-order chi connectivity index (χ1) is 8.99. The molecule has 1 aromatic carbocycles. The molecule has 0 bridgehead atoms. The molecule has 0 aliphatic rings. The van der Waals surface area contributed by atoms with Crippen LogP contribution in [0.2, 0.25) is 10.0 Å². The third-order valence-electron chi connectivity index (χ3n) is 2.47. The maximum atomic E-state index is 11.5. The van der Waals surface area contributed by atoms with Crippen molar-refractivity contribution >= 4 is 35.2 Å². The Balaban J connectivity index is 2.39. The molecule has 0 spiro atoms. The Labute approximate surface area is 123 Å². The summed E-state index contributed by atoms with van der Waals surface area (Å²) in [5.74, 6) is -0.170. The lowest BCUT2D eigenvalue weighted by Crippen LogP contribution is -2.22. The highest BCUT2D eigenvalue weighted by Crippen LogP contribution is 2.22. The van der Waals surface area contributed by atoms with E-state index in [2.05, 4.69) is 5.32 Å². The number of carbonyl (C=O) groups is 1. The van der Waals surface area contributed by atoms with Gasteiger partial charge in [0.1, 0.15) is 0 Å². The second kappa shape index (κ2) is 8.20. The second-order valence-corrected chi connectivity index (χ2v) is 5.10. The van der Waals surface area contributed by atoms with E-state index in [0.717, 1.165) is 12.0 Å². The number of halogens is 2. The van der Waals surface area contributed by atoms with Crippen LogP contribution in [0.3, 0.4) is 0 Å². The largest absolute Gasteiger partial charge is 0.393 e. The molecule has 2 N–H and O–H groups in total. The van der Waals surface area contributed by atoms with Gasteiger partial charge in [-0.1, -0.05) is 29.3 Å². The molecule has 1 amide bonds. The molecule has 1 rings (SSSR count). The zero-order chi connectivity index (χ0) is 14.3. The van der Waals surface area contributed by atoms with E-state index < -0.39 is 0 Å². The fraction of sp³-hybridized carbons (Fsp3) is 0.357. The summed E-state index contributed by atoms with van der Waals surface area (Å²) in [7, 11) is 0. The average Bonchev–Trinajstić information content (AvgIpc) is 2.36. The smallest absolute Gasteiger partial charge is 0.243 e. The average molecular weight is 302 g/mol. The summed E-state index contributed by atoms with van der Waals surface area (Å²) in [4.78, 5) is 11.5. The highest BCUT2D eigenvalue weighted by atomic mass is 35.5. The van der Waals surface area contributed by atoms with Gasteiger partial charge in [-0.3, -0.25) is 4.79 Å². The number of aliphatic hydroxyl groups is 1. The topological polar surface area (TPSA) is 49.3 Å². The van der Waals surface area contributed by atoms with Gasteiger partial charge in [0, 0.05) is 12.6 Å². The second-order valence-electron chi connectivity index (χ2n) is 4.29. The Morgan fingerprint density at radius 3 is 2.79 bits per heavy atom. The minimum Gasteiger partial charge on any atom is -0.393 e. The van der Waals surface area contributed by atoms with E-state index in [4.69, 9.17) is 28.3 Å². The first-order valence-electron chi connectivity index (χ1n) is 6.08. The lowest BCUT2D eigenvalue weighted by Gasteiger charge is -2.04. The van der Waals surface area contributed by atoms with Crippen molar-refractivity contribution in [2.45, 2.75) is 25.9 Å². The molecular weight excluding hydrogens is 285 g/mol. The number of hydrogen-bond donors (Lipinski definition) is 2. The molecule has 1 unspecified atom stereocenters. The van der Waals surface area contributed by atoms with Crippen molar-refractivity contribution in [2.24, 2.45) is 0 Å². The number of amides is 1. The van der Waals surface area contributed by atoms with Crippen LogP contribution in [0, 0.1) is 0 Å². The molecule has 5 heteroatoms. The summed E-state index contributed by atoms with van der Waals surface area (Å²) in [6, 6.07) is 5.16. The molecule has 0 radical (unpaired) electrons. The molecule has 0 fully saturated rings. The molecule has 0 saturated heterocycles. The Morgan fingerprint density at radius 2 is 2.16 bits per heavy atom. The third kappa shape index (κ3) is 6.62. The van der Waals surface area contributed by atoms with E-state index in [1.807, 2.05) is 0 Å². The number of benzene rings is 1. The molecule has 19 heavy (non-hydrogen) atoms. The maximum absolute atomic E-state index is 11.5. The van der Waals surface area contributed by atoms with Crippen LogP contribution >= 0.6 is 23.2 Å². The van der Waals surface area contributed by atoms with E-state index in [9.17, 15) is 4.79 Å². The van der Waals surface area contributed by atoms with Crippen LogP contribution in [0.15, 0.2) is 24.3 Å². The van der Waals surface area contributed by atoms with Crippen LogP contribution < -0.4 is 5.32 Å². The van der Waals surface area contributed by atoms with Crippen molar-refractivity contribution in [1.82, 2.24) is 5.32 Å². The zero-order valence-corrected chi connectivity index (χ0v) is 12.2. The molecule has 1 aromatic rings. The van der Waals surface area contributed by atoms with Crippen molar-refractivity contribution in [3.8, 4) is 0 Å². The normalized spacial score (nSPS) is 12.6. The van der Waals surface area contributed by atoms with Gasteiger partial charge in [0.05, 0.1) is 16.1 Å². The van der Waals surface area contributed by atoms with Gasteiger partial charge < -0.3 is 10.4 Å². The Bertz CT molecular complexity index is 459. The van der Waals surface area contributed by atoms with Gasteiger partial charge >= 0.3 is 0 Å². The molecule has 0 saturated carbocycles. The lowest BCUT2D eigenvalue weighted by molar-refractivity contribution is -0.116. The quantitative estimate of drug-likeness (QED) is 0.626. The molecule has 104 valence electrons. The minimum atomic E-state index is -0.330. The first kappa shape index (κ1) is 16.0. The Kier molecular flexibility index (Phi) is 6.92. The molecule has 1 atom stereocenters. The van der Waals surface area contributed by atoms with Crippen molar-refractivity contribution in [3.63, 3.8) is 0 Å². The van der Waals surface area contributed by atoms with Gasteiger partial charge in [0.25, 0.3) is 0 Å². The number of carbonyl (C=O) groups excluding carboxylic acids is 1. The summed E-state index contributed by atoms with van der Waals surface area (Å²) < 4.78 is 0. The first-order valence-corrected chi connectivity index (χ1v) is 6.83. The van der Waals surface area contributed by atoms with Gasteiger partial charge in [-0.15, -0.1) is 0 Å². The molecular formula is C14H17Cl2NO2. The summed E-state index contributed by atoms with van der Waals surface area (Å²) in [6.45, 7) is 2.28. The number of aliphatic hydroxyl groups excluding tert-OH is 1. The van der Waals surface area contributed by atoms with Crippen LogP contribution in [0.4, 0.5) is 0 Å². The van der Waals surface area contributed by atoms with Crippen LogP contribution in [0.25, 0.3) is 6.08 Å². The molecule has 0 aliphatic carbocycles. The van der Waals surface area contributed by atoms with E-state index in [0.29, 0.717) is 23.0 Å². The molecule has 0 aromatic heterocycles. The fourth-order valence-electron chi connectivity index (χ4n) is 1.46. The predicted molar refractivity (Wildman–Crippen MR) is 79.4 cm³/mol. The van der Waals surface area contributed by atoms with Crippen molar-refractivity contribution in [3.05, 3.63) is 39.9 Å². The van der Waals surface area contributed by atoms with Crippen LogP contribution in [0.1, 0.15) is 25.3 Å². The third-order valence-corrected chi connectivity index (χ3v) is 3.21. The summed E-state index contributed by atoms with van der Waals surface area (Å²) in [5.41, 5.74) is 0.813. The summed E-state index contributed by atoms with van der Waals surface area (Å²) in [5, 5.41) is 12.8. The Hall–Kier alpha value is -1.03. The van der Waals surface area contributed by atoms with E-state index in [1.54, 1.807) is 31.2 Å². The standard InChI is InChI=1S/C14H17Cl2NO2/c1-10(18)3-2-8-17-14(19)7-5-11-4-6-12(15)13(16)9-11/h4-7,9-10,18H,2-3,8H2,1H3,(H,17,19)/b7-5+.